The van der Waals surface area contributed by atoms with Crippen LogP contribution in [0.5, 0.6) is 0 Å². The van der Waals surface area contributed by atoms with Gasteiger partial charge < -0.3 is 20.8 Å². The van der Waals surface area contributed by atoms with Gasteiger partial charge in [0.2, 0.25) is 0 Å². The van der Waals surface area contributed by atoms with Crippen LogP contribution < -0.4 is 11.1 Å². The second kappa shape index (κ2) is 7.93. The molecule has 1 amide bonds. The third-order valence-electron chi connectivity index (χ3n) is 3.96. The van der Waals surface area contributed by atoms with Gasteiger partial charge in [0, 0.05) is 34.4 Å². The van der Waals surface area contributed by atoms with Gasteiger partial charge in [-0.2, -0.15) is 0 Å². The zero-order valence-corrected chi connectivity index (χ0v) is 14.7. The minimum Gasteiger partial charge on any atom is -0.452 e. The van der Waals surface area contributed by atoms with Crippen LogP contribution in [0.3, 0.4) is 0 Å². The topological polar surface area (TPSA) is 97.2 Å². The molecule has 0 aliphatic heterocycles. The minimum absolute atomic E-state index is 0.181. The predicted octanol–water partition coefficient (Wildman–Crippen LogP) is 2.92. The number of para-hydroxylation sites is 1. The van der Waals surface area contributed by atoms with Crippen LogP contribution in [0.2, 0.25) is 5.02 Å². The summed E-state index contributed by atoms with van der Waals surface area (Å²) in [4.78, 5) is 27.0. The van der Waals surface area contributed by atoms with E-state index in [2.05, 4.69) is 10.3 Å². The number of carbonyl (C=O) groups is 2. The maximum Gasteiger partial charge on any atom is 0.340 e. The number of hydrogen-bond acceptors (Lipinski definition) is 4. The van der Waals surface area contributed by atoms with Gasteiger partial charge in [-0.05, 0) is 36.2 Å². The van der Waals surface area contributed by atoms with Crippen LogP contribution in [0.4, 0.5) is 5.69 Å². The van der Waals surface area contributed by atoms with Crippen LogP contribution in [0.25, 0.3) is 10.9 Å². The van der Waals surface area contributed by atoms with E-state index in [1.165, 1.54) is 18.2 Å². The number of H-pyrrole nitrogens is 1. The van der Waals surface area contributed by atoms with Gasteiger partial charge in [0.15, 0.2) is 6.61 Å². The Hall–Kier alpha value is -2.99. The number of benzene rings is 2. The SMILES string of the molecule is Nc1cc(Cl)ccc1C(=O)OCC(=O)NCCc1c[nH]c2ccccc12. The van der Waals surface area contributed by atoms with E-state index in [9.17, 15) is 9.59 Å². The molecular formula is C19H18ClN3O3. The van der Waals surface area contributed by atoms with Gasteiger partial charge in [-0.15, -0.1) is 0 Å². The quantitative estimate of drug-likeness (QED) is 0.458. The zero-order chi connectivity index (χ0) is 18.5. The number of rotatable bonds is 6. The van der Waals surface area contributed by atoms with Gasteiger partial charge in [-0.25, -0.2) is 4.79 Å². The molecule has 0 aliphatic rings. The van der Waals surface area contributed by atoms with Crippen molar-refractivity contribution in [3.05, 3.63) is 64.8 Å². The van der Waals surface area contributed by atoms with E-state index in [-0.39, 0.29) is 23.8 Å². The average Bonchev–Trinajstić information content (AvgIpc) is 3.03. The van der Waals surface area contributed by atoms with Gasteiger partial charge in [-0.1, -0.05) is 29.8 Å². The predicted molar refractivity (Wildman–Crippen MR) is 101 cm³/mol. The number of nitrogens with one attached hydrogen (secondary N) is 2. The summed E-state index contributed by atoms with van der Waals surface area (Å²) in [7, 11) is 0. The molecule has 4 N–H and O–H groups in total. The molecule has 2 aromatic carbocycles. The first-order chi connectivity index (χ1) is 12.5. The molecule has 134 valence electrons. The standard InChI is InChI=1S/C19H18ClN3O3/c20-13-5-6-15(16(21)9-13)19(25)26-11-18(24)22-8-7-12-10-23-17-4-2-1-3-14(12)17/h1-6,9-10,23H,7-8,11,21H2,(H,22,24). The van der Waals surface area contributed by atoms with Crippen LogP contribution in [-0.4, -0.2) is 30.0 Å². The molecule has 3 aromatic rings. The first kappa shape index (κ1) is 17.8. The zero-order valence-electron chi connectivity index (χ0n) is 13.9. The summed E-state index contributed by atoms with van der Waals surface area (Å²) in [5.74, 6) is -1.03. The Balaban J connectivity index is 1.46. The number of aromatic nitrogens is 1. The lowest BCUT2D eigenvalue weighted by Crippen LogP contribution is -2.30. The number of carbonyl (C=O) groups excluding carboxylic acids is 2. The van der Waals surface area contributed by atoms with E-state index < -0.39 is 5.97 Å². The lowest BCUT2D eigenvalue weighted by Gasteiger charge is -2.08. The fraction of sp³-hybridized carbons (Fsp3) is 0.158. The van der Waals surface area contributed by atoms with E-state index in [1.807, 2.05) is 30.5 Å². The number of ether oxygens (including phenoxy) is 1. The second-order valence-electron chi connectivity index (χ2n) is 5.77. The number of halogens is 1. The molecule has 1 heterocycles. The highest BCUT2D eigenvalue weighted by molar-refractivity contribution is 6.31. The van der Waals surface area contributed by atoms with Gasteiger partial charge in [0.1, 0.15) is 0 Å². The van der Waals surface area contributed by atoms with Crippen molar-refractivity contribution in [3.63, 3.8) is 0 Å². The molecule has 0 radical (unpaired) electrons. The number of nitrogen functional groups attached to an aromatic ring is 1. The molecule has 3 rings (SSSR count). The minimum atomic E-state index is -0.661. The highest BCUT2D eigenvalue weighted by atomic mass is 35.5. The van der Waals surface area contributed by atoms with Gasteiger partial charge in [0.25, 0.3) is 5.91 Å². The Morgan fingerprint density at radius 2 is 2.00 bits per heavy atom. The smallest absolute Gasteiger partial charge is 0.340 e. The van der Waals surface area contributed by atoms with Crippen molar-refractivity contribution in [1.82, 2.24) is 10.3 Å². The van der Waals surface area contributed by atoms with Crippen molar-refractivity contribution >= 4 is 40.1 Å². The van der Waals surface area contributed by atoms with E-state index in [0.717, 1.165) is 16.5 Å². The number of fused-ring (bicyclic) bond motifs is 1. The maximum atomic E-state index is 12.0. The summed E-state index contributed by atoms with van der Waals surface area (Å²) in [6, 6.07) is 12.4. The highest BCUT2D eigenvalue weighted by Crippen LogP contribution is 2.19. The molecule has 0 atom stereocenters. The molecule has 6 nitrogen and oxygen atoms in total. The lowest BCUT2D eigenvalue weighted by molar-refractivity contribution is -0.124. The third-order valence-corrected chi connectivity index (χ3v) is 4.19. The molecule has 7 heteroatoms. The fourth-order valence-electron chi connectivity index (χ4n) is 2.65. The van der Waals surface area contributed by atoms with Crippen LogP contribution in [0.15, 0.2) is 48.7 Å². The molecular weight excluding hydrogens is 354 g/mol. The van der Waals surface area contributed by atoms with Crippen molar-refractivity contribution in [3.8, 4) is 0 Å². The number of esters is 1. The summed E-state index contributed by atoms with van der Waals surface area (Å²) in [6.07, 6.45) is 2.61. The summed E-state index contributed by atoms with van der Waals surface area (Å²) in [6.45, 7) is 0.0795. The van der Waals surface area contributed by atoms with Gasteiger partial charge in [-0.3, -0.25) is 4.79 Å². The molecule has 0 saturated heterocycles. The first-order valence-corrected chi connectivity index (χ1v) is 8.46. The summed E-state index contributed by atoms with van der Waals surface area (Å²) in [5, 5.41) is 4.29. The molecule has 1 aromatic heterocycles. The number of hydrogen-bond donors (Lipinski definition) is 3. The van der Waals surface area contributed by atoms with Crippen molar-refractivity contribution < 1.29 is 14.3 Å². The van der Waals surface area contributed by atoms with Crippen molar-refractivity contribution in [1.29, 1.82) is 0 Å². The largest absolute Gasteiger partial charge is 0.452 e. The Kier molecular flexibility index (Phi) is 5.43. The summed E-state index contributed by atoms with van der Waals surface area (Å²) in [5.41, 5.74) is 8.29. The monoisotopic (exact) mass is 371 g/mol. The highest BCUT2D eigenvalue weighted by Gasteiger charge is 2.13. The molecule has 0 aliphatic carbocycles. The van der Waals surface area contributed by atoms with Crippen molar-refractivity contribution in [2.45, 2.75) is 6.42 Å². The second-order valence-corrected chi connectivity index (χ2v) is 6.20. The van der Waals surface area contributed by atoms with Gasteiger partial charge >= 0.3 is 5.97 Å². The molecule has 0 spiro atoms. The number of anilines is 1. The third kappa shape index (κ3) is 4.15. The van der Waals surface area contributed by atoms with E-state index in [1.54, 1.807) is 0 Å². The van der Waals surface area contributed by atoms with Gasteiger partial charge in [0.05, 0.1) is 5.56 Å². The van der Waals surface area contributed by atoms with E-state index >= 15 is 0 Å². The number of nitrogens with two attached hydrogens (primary N) is 1. The average molecular weight is 372 g/mol. The molecule has 0 fully saturated rings. The summed E-state index contributed by atoms with van der Waals surface area (Å²) >= 11 is 5.79. The maximum absolute atomic E-state index is 12.0. The van der Waals surface area contributed by atoms with E-state index in [0.29, 0.717) is 18.0 Å². The lowest BCUT2D eigenvalue weighted by atomic mass is 10.1. The number of amides is 1. The molecule has 0 unspecified atom stereocenters. The summed E-state index contributed by atoms with van der Waals surface area (Å²) < 4.78 is 4.99. The molecule has 0 bridgehead atoms. The van der Waals surface area contributed by atoms with Crippen LogP contribution >= 0.6 is 11.6 Å². The Morgan fingerprint density at radius 3 is 2.81 bits per heavy atom. The van der Waals surface area contributed by atoms with E-state index in [4.69, 9.17) is 22.1 Å². The van der Waals surface area contributed by atoms with Crippen molar-refractivity contribution in [2.75, 3.05) is 18.9 Å². The van der Waals surface area contributed by atoms with Crippen molar-refractivity contribution in [2.24, 2.45) is 0 Å². The Bertz CT molecular complexity index is 952. The molecule has 26 heavy (non-hydrogen) atoms. The normalized spacial score (nSPS) is 10.7. The first-order valence-electron chi connectivity index (χ1n) is 8.08. The Morgan fingerprint density at radius 1 is 1.19 bits per heavy atom. The number of aromatic amines is 1. The van der Waals surface area contributed by atoms with Crippen LogP contribution in [0.1, 0.15) is 15.9 Å². The fourth-order valence-corrected chi connectivity index (χ4v) is 2.83. The van der Waals surface area contributed by atoms with Crippen LogP contribution in [0, 0.1) is 0 Å². The molecule has 0 saturated carbocycles. The Labute approximate surface area is 155 Å². The van der Waals surface area contributed by atoms with Crippen LogP contribution in [-0.2, 0) is 16.0 Å².